The van der Waals surface area contributed by atoms with E-state index in [0.717, 1.165) is 36.0 Å². The number of aromatic nitrogens is 1. The van der Waals surface area contributed by atoms with Crippen molar-refractivity contribution < 1.29 is 19.2 Å². The standard InChI is InChI=1S/C24H29N5O4S3/c1-24(2,3)33-29(14-30)9-8-27-20(31)12-32-16-7-5-6-15(10-16)18-13-35-22(28-18)17-11-19(21(25)26)36-23(17)34-4/h5-7,10-11,13-14H,8-9,12H2,1-4H3,(H3,25,26)(H,27,31). The number of hydrogen-bond donors (Lipinski definition) is 3. The molecule has 12 heteroatoms. The fourth-order valence-electron chi connectivity index (χ4n) is 3.06. The smallest absolute Gasteiger partial charge is 0.258 e. The molecule has 2 heterocycles. The van der Waals surface area contributed by atoms with E-state index < -0.39 is 5.60 Å². The van der Waals surface area contributed by atoms with Gasteiger partial charge in [0.1, 0.15) is 16.6 Å². The van der Waals surface area contributed by atoms with E-state index in [1.54, 1.807) is 17.8 Å². The van der Waals surface area contributed by atoms with E-state index in [9.17, 15) is 9.59 Å². The number of amides is 2. The molecule has 9 nitrogen and oxygen atoms in total. The van der Waals surface area contributed by atoms with E-state index in [0.29, 0.717) is 12.2 Å². The second-order valence-electron chi connectivity index (χ2n) is 8.58. The van der Waals surface area contributed by atoms with Gasteiger partial charge in [0.15, 0.2) is 6.61 Å². The Hall–Kier alpha value is -2.93. The van der Waals surface area contributed by atoms with Crippen LogP contribution < -0.4 is 15.8 Å². The number of benzene rings is 1. The number of rotatable bonds is 12. The van der Waals surface area contributed by atoms with Gasteiger partial charge in [0.25, 0.3) is 5.91 Å². The Labute approximate surface area is 222 Å². The van der Waals surface area contributed by atoms with Gasteiger partial charge in [-0.05, 0) is 45.2 Å². The predicted molar refractivity (Wildman–Crippen MR) is 146 cm³/mol. The van der Waals surface area contributed by atoms with E-state index in [1.165, 1.54) is 22.7 Å². The van der Waals surface area contributed by atoms with Gasteiger partial charge in [0, 0.05) is 23.1 Å². The summed E-state index contributed by atoms with van der Waals surface area (Å²) in [5.41, 5.74) is 7.79. The van der Waals surface area contributed by atoms with E-state index >= 15 is 0 Å². The molecule has 192 valence electrons. The van der Waals surface area contributed by atoms with E-state index in [4.69, 9.17) is 25.7 Å². The molecule has 0 atom stereocenters. The second kappa shape index (κ2) is 12.3. The molecule has 0 saturated heterocycles. The van der Waals surface area contributed by atoms with Gasteiger partial charge in [0.05, 0.1) is 26.9 Å². The zero-order valence-corrected chi connectivity index (χ0v) is 22.9. The van der Waals surface area contributed by atoms with Crippen LogP contribution in [0.5, 0.6) is 5.75 Å². The number of nitrogen functional groups attached to an aromatic ring is 1. The van der Waals surface area contributed by atoms with Crippen molar-refractivity contribution in [3.8, 4) is 27.6 Å². The maximum atomic E-state index is 12.2. The highest BCUT2D eigenvalue weighted by Crippen LogP contribution is 2.40. The van der Waals surface area contributed by atoms with E-state index in [1.807, 2.05) is 56.7 Å². The largest absolute Gasteiger partial charge is 0.484 e. The number of thiophene rings is 1. The first-order chi connectivity index (χ1) is 17.1. The van der Waals surface area contributed by atoms with Gasteiger partial charge in [-0.1, -0.05) is 12.1 Å². The summed E-state index contributed by atoms with van der Waals surface area (Å²) in [6, 6.07) is 9.29. The summed E-state index contributed by atoms with van der Waals surface area (Å²) in [6.07, 6.45) is 2.58. The highest BCUT2D eigenvalue weighted by molar-refractivity contribution is 8.00. The monoisotopic (exact) mass is 547 g/mol. The van der Waals surface area contributed by atoms with Crippen molar-refractivity contribution in [2.45, 2.75) is 30.6 Å². The molecule has 0 bridgehead atoms. The molecule has 1 aromatic carbocycles. The van der Waals surface area contributed by atoms with Crippen LogP contribution in [0.1, 0.15) is 25.6 Å². The van der Waals surface area contributed by atoms with Gasteiger partial charge < -0.3 is 15.8 Å². The highest BCUT2D eigenvalue weighted by Gasteiger charge is 2.17. The van der Waals surface area contributed by atoms with Crippen molar-refractivity contribution in [1.82, 2.24) is 15.4 Å². The summed E-state index contributed by atoms with van der Waals surface area (Å²) in [5.74, 6) is 0.287. The third kappa shape index (κ3) is 7.79. The van der Waals surface area contributed by atoms with Crippen molar-refractivity contribution in [2.24, 2.45) is 5.73 Å². The molecule has 0 saturated carbocycles. The Morgan fingerprint density at radius 2 is 2.11 bits per heavy atom. The van der Waals surface area contributed by atoms with Crippen LogP contribution >= 0.6 is 34.4 Å². The van der Waals surface area contributed by atoms with Gasteiger partial charge >= 0.3 is 0 Å². The summed E-state index contributed by atoms with van der Waals surface area (Å²) in [6.45, 7) is 5.82. The third-order valence-electron chi connectivity index (χ3n) is 4.55. The molecule has 0 aliphatic carbocycles. The topological polar surface area (TPSA) is 131 Å². The number of nitrogens with two attached hydrogens (primary N) is 1. The van der Waals surface area contributed by atoms with Crippen LogP contribution in [0.2, 0.25) is 0 Å². The normalized spacial score (nSPS) is 11.2. The first-order valence-electron chi connectivity index (χ1n) is 11.0. The van der Waals surface area contributed by atoms with Crippen LogP contribution in [-0.4, -0.2) is 59.8 Å². The molecule has 2 amide bonds. The van der Waals surface area contributed by atoms with Gasteiger partial charge in [-0.2, -0.15) is 0 Å². The number of carbonyl (C=O) groups excluding carboxylic acids is 2. The van der Waals surface area contributed by atoms with E-state index in [-0.39, 0.29) is 31.4 Å². The summed E-state index contributed by atoms with van der Waals surface area (Å²) >= 11 is 4.61. The molecule has 3 aromatic rings. The minimum absolute atomic E-state index is 0.0477. The Balaban J connectivity index is 1.58. The van der Waals surface area contributed by atoms with Crippen molar-refractivity contribution >= 4 is 52.6 Å². The lowest BCUT2D eigenvalue weighted by molar-refractivity contribution is -0.215. The molecule has 3 rings (SSSR count). The molecule has 4 N–H and O–H groups in total. The van der Waals surface area contributed by atoms with Crippen LogP contribution in [0.15, 0.2) is 39.9 Å². The average Bonchev–Trinajstić information content (AvgIpc) is 3.49. The summed E-state index contributed by atoms with van der Waals surface area (Å²) in [5, 5.41) is 14.4. The lowest BCUT2D eigenvalue weighted by Crippen LogP contribution is -2.39. The Morgan fingerprint density at radius 3 is 2.78 bits per heavy atom. The number of hydroxylamine groups is 2. The molecule has 2 aromatic heterocycles. The summed E-state index contributed by atoms with van der Waals surface area (Å²) < 4.78 is 6.72. The van der Waals surface area contributed by atoms with Gasteiger partial charge in [-0.3, -0.25) is 19.8 Å². The molecule has 0 aliphatic rings. The molecule has 36 heavy (non-hydrogen) atoms. The number of amidine groups is 1. The summed E-state index contributed by atoms with van der Waals surface area (Å²) in [7, 11) is 0. The molecule has 0 aliphatic heterocycles. The fraction of sp³-hybridized carbons (Fsp3) is 0.333. The molecule has 0 unspecified atom stereocenters. The number of thioether (sulfide) groups is 1. The quantitative estimate of drug-likeness (QED) is 0.102. The fourth-order valence-corrected chi connectivity index (χ4v) is 5.77. The lowest BCUT2D eigenvalue weighted by atomic mass is 10.1. The average molecular weight is 548 g/mol. The van der Waals surface area contributed by atoms with Crippen LogP contribution in [-0.2, 0) is 14.4 Å². The molecular weight excluding hydrogens is 518 g/mol. The van der Waals surface area contributed by atoms with Gasteiger partial charge in [0.2, 0.25) is 6.41 Å². The van der Waals surface area contributed by atoms with E-state index in [2.05, 4.69) is 5.32 Å². The Morgan fingerprint density at radius 1 is 1.33 bits per heavy atom. The number of thiazole rings is 1. The maximum absolute atomic E-state index is 12.2. The SMILES string of the molecule is CSc1sc(C(=N)N)cc1-c1nc(-c2cccc(OCC(=O)NCCN(C=O)OC(C)(C)C)c2)cs1. The van der Waals surface area contributed by atoms with Gasteiger partial charge in [-0.15, -0.1) is 34.4 Å². The lowest BCUT2D eigenvalue weighted by Gasteiger charge is -2.26. The molecule has 0 radical (unpaired) electrons. The minimum Gasteiger partial charge on any atom is -0.484 e. The number of hydrogen-bond acceptors (Lipinski definition) is 9. The number of nitrogens with one attached hydrogen (secondary N) is 2. The Kier molecular flexibility index (Phi) is 9.49. The Bertz CT molecular complexity index is 1220. The number of ether oxygens (including phenoxy) is 1. The maximum Gasteiger partial charge on any atom is 0.258 e. The van der Waals surface area contributed by atoms with Crippen LogP contribution in [0.4, 0.5) is 0 Å². The van der Waals surface area contributed by atoms with Crippen LogP contribution in [0.25, 0.3) is 21.8 Å². The first kappa shape index (κ1) is 27.7. The third-order valence-corrected chi connectivity index (χ3v) is 7.73. The van der Waals surface area contributed by atoms with Crippen molar-refractivity contribution in [3.63, 3.8) is 0 Å². The zero-order valence-electron chi connectivity index (χ0n) is 20.5. The first-order valence-corrected chi connectivity index (χ1v) is 13.9. The minimum atomic E-state index is -0.504. The number of carbonyl (C=O) groups is 2. The van der Waals surface area contributed by atoms with Crippen LogP contribution in [0.3, 0.4) is 0 Å². The number of nitrogens with zero attached hydrogens (tertiary/aromatic N) is 2. The van der Waals surface area contributed by atoms with Crippen LogP contribution in [0, 0.1) is 5.41 Å². The molecule has 0 spiro atoms. The predicted octanol–water partition coefficient (Wildman–Crippen LogP) is 4.23. The zero-order chi connectivity index (χ0) is 26.3. The van der Waals surface area contributed by atoms with Crippen molar-refractivity contribution in [3.05, 3.63) is 40.6 Å². The molecular formula is C24H29N5O4S3. The summed E-state index contributed by atoms with van der Waals surface area (Å²) in [4.78, 5) is 34.3. The van der Waals surface area contributed by atoms with Crippen molar-refractivity contribution in [1.29, 1.82) is 5.41 Å². The second-order valence-corrected chi connectivity index (χ2v) is 11.6. The van der Waals surface area contributed by atoms with Gasteiger partial charge in [-0.25, -0.2) is 10.0 Å². The highest BCUT2D eigenvalue weighted by atomic mass is 32.2. The van der Waals surface area contributed by atoms with Crippen molar-refractivity contribution in [2.75, 3.05) is 26.0 Å². The molecule has 0 fully saturated rings.